The summed E-state index contributed by atoms with van der Waals surface area (Å²) in [5.41, 5.74) is 1.02. The lowest BCUT2D eigenvalue weighted by atomic mass is 9.95. The Morgan fingerprint density at radius 3 is 2.55 bits per heavy atom. The molecule has 0 radical (unpaired) electrons. The molecule has 1 aromatic heterocycles. The number of Topliss-reactive ketones (excluding diaryl/α,β-unsaturated/α-hetero) is 1. The summed E-state index contributed by atoms with van der Waals surface area (Å²) in [6.45, 7) is 4.08. The number of aromatic nitrogens is 1. The first-order valence-corrected chi connectivity index (χ1v) is 10.4. The fourth-order valence-electron chi connectivity index (χ4n) is 3.56. The van der Waals surface area contributed by atoms with Crippen LogP contribution in [0.15, 0.2) is 69.2 Å². The molecule has 0 spiro atoms. The van der Waals surface area contributed by atoms with Gasteiger partial charge in [0.05, 0.1) is 18.2 Å². The number of halogens is 1. The topological polar surface area (TPSA) is 92.9 Å². The molecule has 1 aliphatic heterocycles. The maximum Gasteiger partial charge on any atom is 0.301 e. The van der Waals surface area contributed by atoms with E-state index in [1.807, 2.05) is 13.0 Å². The van der Waals surface area contributed by atoms with Crippen LogP contribution < -0.4 is 9.64 Å². The summed E-state index contributed by atoms with van der Waals surface area (Å²) < 4.78 is 11.3. The van der Waals surface area contributed by atoms with Gasteiger partial charge >= 0.3 is 5.91 Å². The van der Waals surface area contributed by atoms with Crippen molar-refractivity contribution in [1.29, 1.82) is 0 Å². The molecule has 4 rings (SSSR count). The van der Waals surface area contributed by atoms with Crippen LogP contribution in [0.4, 0.5) is 5.82 Å². The van der Waals surface area contributed by atoms with Gasteiger partial charge in [-0.25, -0.2) is 0 Å². The van der Waals surface area contributed by atoms with Crippen LogP contribution in [0, 0.1) is 6.92 Å². The van der Waals surface area contributed by atoms with E-state index in [1.165, 1.54) is 4.90 Å². The number of ketones is 1. The number of aliphatic hydroxyl groups is 1. The maximum atomic E-state index is 13.0. The Morgan fingerprint density at radius 2 is 1.94 bits per heavy atom. The molecule has 1 atom stereocenters. The molecule has 158 valence electrons. The zero-order valence-corrected chi connectivity index (χ0v) is 18.4. The van der Waals surface area contributed by atoms with Crippen molar-refractivity contribution in [2.75, 3.05) is 11.5 Å². The lowest BCUT2D eigenvalue weighted by molar-refractivity contribution is -0.132. The Labute approximate surface area is 187 Å². The van der Waals surface area contributed by atoms with Gasteiger partial charge in [0.1, 0.15) is 17.3 Å². The van der Waals surface area contributed by atoms with E-state index < -0.39 is 17.7 Å². The van der Waals surface area contributed by atoms with E-state index >= 15 is 0 Å². The van der Waals surface area contributed by atoms with E-state index in [4.69, 9.17) is 9.26 Å². The summed E-state index contributed by atoms with van der Waals surface area (Å²) in [7, 11) is 0. The normalized spacial score (nSPS) is 17.9. The fourth-order valence-corrected chi connectivity index (χ4v) is 3.98. The predicted octanol–water partition coefficient (Wildman–Crippen LogP) is 4.77. The van der Waals surface area contributed by atoms with E-state index in [0.29, 0.717) is 29.2 Å². The number of amides is 1. The minimum absolute atomic E-state index is 0.0205. The third-order valence-corrected chi connectivity index (χ3v) is 5.40. The number of hydrogen-bond acceptors (Lipinski definition) is 6. The van der Waals surface area contributed by atoms with Gasteiger partial charge in [0, 0.05) is 16.1 Å². The highest BCUT2D eigenvalue weighted by Gasteiger charge is 2.48. The molecule has 2 heterocycles. The summed E-state index contributed by atoms with van der Waals surface area (Å²) in [5, 5.41) is 15.0. The van der Waals surface area contributed by atoms with Crippen molar-refractivity contribution < 1.29 is 24.0 Å². The number of nitrogens with zero attached hydrogens (tertiary/aromatic N) is 2. The second-order valence-corrected chi connectivity index (χ2v) is 7.89. The van der Waals surface area contributed by atoms with Gasteiger partial charge in [-0.2, -0.15) is 0 Å². The molecular weight excluding hydrogens is 464 g/mol. The van der Waals surface area contributed by atoms with Gasteiger partial charge in [-0.15, -0.1) is 0 Å². The molecule has 31 heavy (non-hydrogen) atoms. The van der Waals surface area contributed by atoms with E-state index in [-0.39, 0.29) is 17.2 Å². The van der Waals surface area contributed by atoms with Crippen molar-refractivity contribution >= 4 is 39.2 Å². The first-order valence-electron chi connectivity index (χ1n) is 9.63. The highest BCUT2D eigenvalue weighted by molar-refractivity contribution is 9.10. The lowest BCUT2D eigenvalue weighted by Crippen LogP contribution is -2.29. The molecule has 7 nitrogen and oxygen atoms in total. The Hall–Kier alpha value is -3.39. The Balaban J connectivity index is 1.89. The van der Waals surface area contributed by atoms with Gasteiger partial charge in [-0.05, 0) is 55.8 Å². The smallest absolute Gasteiger partial charge is 0.301 e. The van der Waals surface area contributed by atoms with Crippen LogP contribution in [-0.2, 0) is 9.59 Å². The molecule has 1 unspecified atom stereocenters. The zero-order chi connectivity index (χ0) is 22.1. The maximum absolute atomic E-state index is 13.0. The molecular formula is C23H19BrN2O5. The first kappa shape index (κ1) is 20.9. The SMILES string of the molecule is CCOc1ccc(C(O)=C2C(=O)C(=O)N(c3cc(C)on3)C2c2cccc(Br)c2)cc1. The average Bonchev–Trinajstić information content (AvgIpc) is 3.29. The standard InChI is InChI=1S/C23H19BrN2O5/c1-3-30-17-9-7-14(8-10-17)21(27)19-20(15-5-4-6-16(24)12-15)26(23(29)22(19)28)18-11-13(2)31-25-18/h4-12,20,27H,3H2,1-2H3. The monoisotopic (exact) mass is 482 g/mol. The molecule has 0 saturated carbocycles. The van der Waals surface area contributed by atoms with Crippen LogP contribution in [0.2, 0.25) is 0 Å². The molecule has 1 aliphatic rings. The summed E-state index contributed by atoms with van der Waals surface area (Å²) in [6.07, 6.45) is 0. The van der Waals surface area contributed by atoms with E-state index in [9.17, 15) is 14.7 Å². The number of rotatable bonds is 5. The van der Waals surface area contributed by atoms with Crippen molar-refractivity contribution in [2.45, 2.75) is 19.9 Å². The molecule has 1 amide bonds. The van der Waals surface area contributed by atoms with Crippen molar-refractivity contribution in [3.63, 3.8) is 0 Å². The molecule has 3 aromatic rings. The number of benzene rings is 2. The van der Waals surface area contributed by atoms with Crippen LogP contribution in [-0.4, -0.2) is 28.6 Å². The predicted molar refractivity (Wildman–Crippen MR) is 118 cm³/mol. The van der Waals surface area contributed by atoms with Crippen molar-refractivity contribution in [1.82, 2.24) is 5.16 Å². The largest absolute Gasteiger partial charge is 0.507 e. The van der Waals surface area contributed by atoms with Crippen LogP contribution >= 0.6 is 15.9 Å². The van der Waals surface area contributed by atoms with Gasteiger partial charge in [-0.3, -0.25) is 14.5 Å². The number of anilines is 1. The minimum atomic E-state index is -0.867. The lowest BCUT2D eigenvalue weighted by Gasteiger charge is -2.23. The molecule has 1 fully saturated rings. The third-order valence-electron chi connectivity index (χ3n) is 4.91. The van der Waals surface area contributed by atoms with Crippen LogP contribution in [0.5, 0.6) is 5.75 Å². The molecule has 0 aliphatic carbocycles. The first-order chi connectivity index (χ1) is 14.9. The number of hydrogen-bond donors (Lipinski definition) is 1. The van der Waals surface area contributed by atoms with E-state index in [1.54, 1.807) is 55.5 Å². The van der Waals surface area contributed by atoms with Gasteiger partial charge in [0.2, 0.25) is 0 Å². The van der Waals surface area contributed by atoms with Crippen molar-refractivity contribution in [2.24, 2.45) is 0 Å². The molecule has 1 N–H and O–H groups in total. The van der Waals surface area contributed by atoms with Gasteiger partial charge in [0.15, 0.2) is 5.82 Å². The second kappa shape index (κ2) is 8.39. The summed E-state index contributed by atoms with van der Waals surface area (Å²) in [5.74, 6) is -0.510. The van der Waals surface area contributed by atoms with E-state index in [0.717, 1.165) is 4.47 Å². The number of aryl methyl sites for hydroxylation is 1. The third kappa shape index (κ3) is 3.86. The number of carbonyl (C=O) groups is 2. The molecule has 8 heteroatoms. The number of ether oxygens (including phenoxy) is 1. The zero-order valence-electron chi connectivity index (χ0n) is 16.8. The van der Waals surface area contributed by atoms with Crippen LogP contribution in [0.3, 0.4) is 0 Å². The molecule has 2 aromatic carbocycles. The summed E-state index contributed by atoms with van der Waals surface area (Å²) in [4.78, 5) is 27.3. The van der Waals surface area contributed by atoms with Gasteiger partial charge < -0.3 is 14.4 Å². The van der Waals surface area contributed by atoms with Crippen molar-refractivity contribution in [3.05, 3.63) is 81.5 Å². The van der Waals surface area contributed by atoms with Crippen LogP contribution in [0.1, 0.15) is 29.9 Å². The number of aliphatic hydroxyl groups excluding tert-OH is 1. The highest BCUT2D eigenvalue weighted by atomic mass is 79.9. The summed E-state index contributed by atoms with van der Waals surface area (Å²) in [6, 6.07) is 14.6. The highest BCUT2D eigenvalue weighted by Crippen LogP contribution is 2.42. The Bertz CT molecular complexity index is 1180. The molecule has 1 saturated heterocycles. The average molecular weight is 483 g/mol. The molecule has 0 bridgehead atoms. The fraction of sp³-hybridized carbons (Fsp3) is 0.174. The Morgan fingerprint density at radius 1 is 1.19 bits per heavy atom. The van der Waals surface area contributed by atoms with Crippen molar-refractivity contribution in [3.8, 4) is 5.75 Å². The van der Waals surface area contributed by atoms with Crippen LogP contribution in [0.25, 0.3) is 5.76 Å². The quantitative estimate of drug-likeness (QED) is 0.319. The van der Waals surface area contributed by atoms with Gasteiger partial charge in [-0.1, -0.05) is 33.2 Å². The minimum Gasteiger partial charge on any atom is -0.507 e. The Kier molecular flexibility index (Phi) is 5.65. The second-order valence-electron chi connectivity index (χ2n) is 6.98. The van der Waals surface area contributed by atoms with Gasteiger partial charge in [0.25, 0.3) is 5.78 Å². The number of carbonyl (C=O) groups excluding carboxylic acids is 2. The van der Waals surface area contributed by atoms with E-state index in [2.05, 4.69) is 21.1 Å². The summed E-state index contributed by atoms with van der Waals surface area (Å²) >= 11 is 3.43.